The van der Waals surface area contributed by atoms with E-state index in [0.29, 0.717) is 11.5 Å². The lowest BCUT2D eigenvalue weighted by molar-refractivity contribution is 0.636. The van der Waals surface area contributed by atoms with Crippen LogP contribution in [-0.2, 0) is 0 Å². The van der Waals surface area contributed by atoms with Crippen molar-refractivity contribution in [2.45, 2.75) is 45.4 Å². The summed E-state index contributed by atoms with van der Waals surface area (Å²) in [5.41, 5.74) is 0.171. The summed E-state index contributed by atoms with van der Waals surface area (Å²) in [6.45, 7) is 5.74. The van der Waals surface area contributed by atoms with Gasteiger partial charge in [-0.25, -0.2) is 14.4 Å². The average Bonchev–Trinajstić information content (AvgIpc) is 3.16. The Hall–Kier alpha value is -2.44. The summed E-state index contributed by atoms with van der Waals surface area (Å²) in [6.07, 6.45) is 13.6. The highest BCUT2D eigenvalue weighted by atomic mass is 16.1. The quantitative estimate of drug-likeness (QED) is 0.571. The highest BCUT2D eigenvalue weighted by Crippen LogP contribution is 2.10. The Morgan fingerprint density at radius 1 is 1.41 bits per heavy atom. The number of allylic oxidation sites excluding steroid dienone is 1. The van der Waals surface area contributed by atoms with Crippen LogP contribution in [0.1, 0.15) is 45.4 Å². The molecule has 0 radical (unpaired) electrons. The van der Waals surface area contributed by atoms with Crippen molar-refractivity contribution in [1.82, 2.24) is 24.8 Å². The molecule has 22 heavy (non-hydrogen) atoms. The number of nitrogens with one attached hydrogen (secondary N) is 1. The third-order valence-electron chi connectivity index (χ3n) is 3.45. The summed E-state index contributed by atoms with van der Waals surface area (Å²) in [7, 11) is 0. The summed E-state index contributed by atoms with van der Waals surface area (Å²) in [6, 6.07) is 0. The van der Waals surface area contributed by atoms with Crippen molar-refractivity contribution in [3.05, 3.63) is 35.0 Å². The maximum absolute atomic E-state index is 12.4. The molecular formula is C15H22N6O. The van der Waals surface area contributed by atoms with Crippen molar-refractivity contribution in [3.63, 3.8) is 0 Å². The van der Waals surface area contributed by atoms with Crippen LogP contribution >= 0.6 is 0 Å². The van der Waals surface area contributed by atoms with Gasteiger partial charge < -0.3 is 0 Å². The number of hydrogen-bond acceptors (Lipinski definition) is 4. The molecule has 0 bridgehead atoms. The zero-order chi connectivity index (χ0) is 15.8. The Morgan fingerprint density at radius 3 is 2.91 bits per heavy atom. The molecule has 2 aromatic rings. The predicted molar refractivity (Wildman–Crippen MR) is 87.2 cm³/mol. The van der Waals surface area contributed by atoms with Crippen molar-refractivity contribution in [2.24, 2.45) is 4.99 Å². The van der Waals surface area contributed by atoms with Gasteiger partial charge in [-0.05, 0) is 25.6 Å². The lowest BCUT2D eigenvalue weighted by atomic mass is 10.1. The van der Waals surface area contributed by atoms with E-state index in [2.05, 4.69) is 34.0 Å². The van der Waals surface area contributed by atoms with Crippen LogP contribution in [0.5, 0.6) is 0 Å². The number of unbranched alkanes of at least 4 members (excludes halogenated alkanes) is 5. The van der Waals surface area contributed by atoms with Crippen molar-refractivity contribution in [3.8, 4) is 5.69 Å². The van der Waals surface area contributed by atoms with Crippen LogP contribution in [0.15, 0.2) is 34.5 Å². The van der Waals surface area contributed by atoms with E-state index < -0.39 is 0 Å². The molecule has 0 saturated heterocycles. The summed E-state index contributed by atoms with van der Waals surface area (Å²) in [4.78, 5) is 16.3. The van der Waals surface area contributed by atoms with Crippen LogP contribution < -0.4 is 5.56 Å². The van der Waals surface area contributed by atoms with Gasteiger partial charge in [0.15, 0.2) is 11.5 Å². The van der Waals surface area contributed by atoms with E-state index in [4.69, 9.17) is 0 Å². The van der Waals surface area contributed by atoms with Crippen LogP contribution in [0.25, 0.3) is 11.5 Å². The van der Waals surface area contributed by atoms with Crippen molar-refractivity contribution >= 4 is 12.5 Å². The van der Waals surface area contributed by atoms with Gasteiger partial charge in [-0.2, -0.15) is 0 Å². The minimum Gasteiger partial charge on any atom is -0.295 e. The third kappa shape index (κ3) is 3.81. The minimum atomic E-state index is -0.227. The van der Waals surface area contributed by atoms with Gasteiger partial charge >= 0.3 is 0 Å². The largest absolute Gasteiger partial charge is 0.298 e. The van der Waals surface area contributed by atoms with Gasteiger partial charge in [-0.15, -0.1) is 5.10 Å². The highest BCUT2D eigenvalue weighted by molar-refractivity contribution is 5.51. The molecule has 0 atom stereocenters. The molecule has 0 aliphatic rings. The van der Waals surface area contributed by atoms with E-state index in [1.807, 2.05) is 6.08 Å². The first-order valence-electron chi connectivity index (χ1n) is 7.62. The molecule has 0 aliphatic heterocycles. The first-order chi connectivity index (χ1) is 10.8. The normalized spacial score (nSPS) is 11.8. The van der Waals surface area contributed by atoms with Gasteiger partial charge in [0.1, 0.15) is 0 Å². The van der Waals surface area contributed by atoms with Gasteiger partial charge in [0, 0.05) is 0 Å². The SMILES string of the molecule is C=NC(=CCCCCCCC)n1[nH]cc(-n2ccnn2)c1=O. The summed E-state index contributed by atoms with van der Waals surface area (Å²) >= 11 is 0. The molecule has 1 N–H and O–H groups in total. The van der Waals surface area contributed by atoms with Crippen molar-refractivity contribution in [2.75, 3.05) is 0 Å². The molecule has 0 aliphatic carbocycles. The van der Waals surface area contributed by atoms with E-state index in [9.17, 15) is 4.79 Å². The van der Waals surface area contributed by atoms with Crippen LogP contribution in [-0.4, -0.2) is 31.5 Å². The van der Waals surface area contributed by atoms with Crippen LogP contribution in [0.2, 0.25) is 0 Å². The summed E-state index contributed by atoms with van der Waals surface area (Å²) in [5.74, 6) is 0.520. The molecule has 2 heterocycles. The monoisotopic (exact) mass is 302 g/mol. The number of aromatic nitrogens is 5. The van der Waals surface area contributed by atoms with Gasteiger partial charge in [-0.1, -0.05) is 37.8 Å². The average molecular weight is 302 g/mol. The number of rotatable bonds is 9. The lowest BCUT2D eigenvalue weighted by Crippen LogP contribution is -2.19. The van der Waals surface area contributed by atoms with E-state index in [1.54, 1.807) is 12.4 Å². The van der Waals surface area contributed by atoms with E-state index >= 15 is 0 Å². The zero-order valence-corrected chi connectivity index (χ0v) is 12.9. The van der Waals surface area contributed by atoms with Crippen LogP contribution in [0, 0.1) is 0 Å². The number of nitrogens with zero attached hydrogens (tertiary/aromatic N) is 5. The molecule has 2 rings (SSSR count). The fourth-order valence-electron chi connectivity index (χ4n) is 2.24. The summed E-state index contributed by atoms with van der Waals surface area (Å²) < 4.78 is 2.79. The minimum absolute atomic E-state index is 0.227. The number of aromatic amines is 1. The number of hydrogen-bond donors (Lipinski definition) is 1. The second-order valence-electron chi connectivity index (χ2n) is 5.07. The van der Waals surface area contributed by atoms with Gasteiger partial charge in [0.05, 0.1) is 18.6 Å². The zero-order valence-electron chi connectivity index (χ0n) is 12.9. The molecular weight excluding hydrogens is 280 g/mol. The van der Waals surface area contributed by atoms with Crippen molar-refractivity contribution < 1.29 is 0 Å². The highest BCUT2D eigenvalue weighted by Gasteiger charge is 2.10. The van der Waals surface area contributed by atoms with Gasteiger partial charge in [0.25, 0.3) is 5.56 Å². The first kappa shape index (κ1) is 15.9. The van der Waals surface area contributed by atoms with Crippen LogP contribution in [0.3, 0.4) is 0 Å². The van der Waals surface area contributed by atoms with E-state index in [1.165, 1.54) is 41.2 Å². The first-order valence-corrected chi connectivity index (χ1v) is 7.62. The molecule has 7 heteroatoms. The predicted octanol–water partition coefficient (Wildman–Crippen LogP) is 2.62. The topological polar surface area (TPSA) is 80.9 Å². The Kier molecular flexibility index (Phi) is 5.88. The molecule has 0 spiro atoms. The Morgan fingerprint density at radius 2 is 2.23 bits per heavy atom. The second kappa shape index (κ2) is 8.11. The molecule has 118 valence electrons. The molecule has 0 unspecified atom stereocenters. The maximum atomic E-state index is 12.4. The summed E-state index contributed by atoms with van der Waals surface area (Å²) in [5, 5.41) is 10.4. The fourth-order valence-corrected chi connectivity index (χ4v) is 2.24. The second-order valence-corrected chi connectivity index (χ2v) is 5.07. The maximum Gasteiger partial charge on any atom is 0.298 e. The Balaban J connectivity index is 2.05. The molecule has 0 fully saturated rings. The lowest BCUT2D eigenvalue weighted by Gasteiger charge is -2.02. The van der Waals surface area contributed by atoms with E-state index in [-0.39, 0.29) is 5.56 Å². The Labute approximate surface area is 129 Å². The number of aliphatic imine (C=N–C) groups is 1. The van der Waals surface area contributed by atoms with Gasteiger partial charge in [-0.3, -0.25) is 9.89 Å². The smallest absolute Gasteiger partial charge is 0.295 e. The molecule has 7 nitrogen and oxygen atoms in total. The molecule has 2 aromatic heterocycles. The third-order valence-corrected chi connectivity index (χ3v) is 3.45. The van der Waals surface area contributed by atoms with E-state index in [0.717, 1.165) is 12.8 Å². The van der Waals surface area contributed by atoms with Crippen molar-refractivity contribution in [1.29, 1.82) is 0 Å². The molecule has 0 saturated carbocycles. The van der Waals surface area contributed by atoms with Crippen LogP contribution in [0.4, 0.5) is 0 Å². The molecule has 0 aromatic carbocycles. The molecule has 0 amide bonds. The van der Waals surface area contributed by atoms with Gasteiger partial charge in [0.2, 0.25) is 0 Å². The Bertz CT molecular complexity index is 665. The number of H-pyrrole nitrogens is 1. The standard InChI is InChI=1S/C15H22N6O/c1-3-4-5-6-7-8-9-14(16-2)21-15(22)13(12-18-21)20-11-10-17-19-20/h9-12,18H,2-8H2,1H3. The fraction of sp³-hybridized carbons (Fsp3) is 0.467.